The van der Waals surface area contributed by atoms with Crippen LogP contribution in [0.2, 0.25) is 0 Å². The number of carbonyl (C=O) groups excluding carboxylic acids is 1. The van der Waals surface area contributed by atoms with Gasteiger partial charge in [-0.2, -0.15) is 0 Å². The van der Waals surface area contributed by atoms with Crippen LogP contribution in [0.15, 0.2) is 73.1 Å². The van der Waals surface area contributed by atoms with E-state index in [0.717, 1.165) is 51.8 Å². The number of anilines is 3. The van der Waals surface area contributed by atoms with Gasteiger partial charge in [0.1, 0.15) is 5.82 Å². The fraction of sp³-hybridized carbons (Fsp3) is 0.273. The maximum atomic E-state index is 13.6. The third-order valence-electron chi connectivity index (χ3n) is 7.40. The number of hydrogen-bond acceptors (Lipinski definition) is 8. The highest BCUT2D eigenvalue weighted by atomic mass is 32.2. The Morgan fingerprint density at radius 3 is 2.49 bits per heavy atom. The number of imidazole rings is 1. The molecule has 224 valence electrons. The molecule has 4 aromatic rings. The molecule has 0 atom stereocenters. The average molecular weight is 598 g/mol. The zero-order chi connectivity index (χ0) is 30.7. The molecule has 0 radical (unpaired) electrons. The molecule has 1 aromatic heterocycles. The van der Waals surface area contributed by atoms with Crippen molar-refractivity contribution in [3.05, 3.63) is 95.4 Å². The molecule has 0 bridgehead atoms. The highest BCUT2D eigenvalue weighted by Gasteiger charge is 2.24. The lowest BCUT2D eigenvalue weighted by molar-refractivity contribution is 0.102. The summed E-state index contributed by atoms with van der Waals surface area (Å²) in [6.45, 7) is 11.3. The Balaban J connectivity index is 1.43. The van der Waals surface area contributed by atoms with Crippen molar-refractivity contribution >= 4 is 40.6 Å². The fourth-order valence-corrected chi connectivity index (χ4v) is 5.44. The molecule has 1 aliphatic heterocycles. The topological polar surface area (TPSA) is 95.5 Å². The quantitative estimate of drug-likeness (QED) is 0.154. The number of nitrogens with one attached hydrogen (secondary N) is 4. The van der Waals surface area contributed by atoms with Crippen molar-refractivity contribution in [2.45, 2.75) is 46.6 Å². The van der Waals surface area contributed by atoms with Gasteiger partial charge in [-0.1, -0.05) is 69.1 Å². The minimum Gasteiger partial charge on any atom is -0.492 e. The zero-order valence-corrected chi connectivity index (χ0v) is 26.5. The molecule has 0 aliphatic carbocycles. The van der Waals surface area contributed by atoms with E-state index >= 15 is 0 Å². The normalized spacial score (nSPS) is 13.0. The van der Waals surface area contributed by atoms with Gasteiger partial charge in [0.15, 0.2) is 5.75 Å². The van der Waals surface area contributed by atoms with Crippen molar-refractivity contribution in [3.8, 4) is 17.1 Å². The summed E-state index contributed by atoms with van der Waals surface area (Å²) in [6, 6.07) is 19.9. The second-order valence-electron chi connectivity index (χ2n) is 11.3. The number of aryl methyl sites for hydroxylation is 1. The molecule has 1 aliphatic rings. The van der Waals surface area contributed by atoms with Crippen molar-refractivity contribution < 1.29 is 9.53 Å². The van der Waals surface area contributed by atoms with Crippen LogP contribution in [0.4, 0.5) is 17.1 Å². The average Bonchev–Trinajstić information content (AvgIpc) is 3.65. The monoisotopic (exact) mass is 597 g/mol. The summed E-state index contributed by atoms with van der Waals surface area (Å²) in [6.07, 6.45) is 5.82. The molecule has 43 heavy (non-hydrogen) atoms. The van der Waals surface area contributed by atoms with Crippen LogP contribution in [-0.4, -0.2) is 28.8 Å². The Bertz CT molecular complexity index is 1660. The Kier molecular flexibility index (Phi) is 8.70. The molecule has 5 rings (SSSR count). The number of aromatic nitrogens is 2. The number of benzene rings is 3. The van der Waals surface area contributed by atoms with E-state index in [1.54, 1.807) is 7.11 Å². The number of hydrogen-bond donors (Lipinski definition) is 4. The summed E-state index contributed by atoms with van der Waals surface area (Å²) in [5.74, 6) is 1.27. The maximum absolute atomic E-state index is 13.6. The molecule has 0 unspecified atom stereocenters. The number of methoxy groups -OCH3 is 1. The van der Waals surface area contributed by atoms with Crippen molar-refractivity contribution in [2.24, 2.45) is 0 Å². The zero-order valence-electron chi connectivity index (χ0n) is 25.7. The van der Waals surface area contributed by atoms with E-state index < -0.39 is 0 Å². The van der Waals surface area contributed by atoms with Crippen LogP contribution < -0.4 is 30.7 Å². The molecule has 3 aromatic carbocycles. The van der Waals surface area contributed by atoms with Gasteiger partial charge < -0.3 is 19.3 Å². The van der Waals surface area contributed by atoms with Gasteiger partial charge in [-0.15, -0.1) is 5.53 Å². The molecule has 9 nitrogen and oxygen atoms in total. The van der Waals surface area contributed by atoms with E-state index in [-0.39, 0.29) is 11.3 Å². The molecule has 10 heteroatoms. The number of hydrazine groups is 2. The first-order valence-electron chi connectivity index (χ1n) is 14.2. The molecule has 1 amide bonds. The highest BCUT2D eigenvalue weighted by molar-refractivity contribution is 7.99. The van der Waals surface area contributed by atoms with Gasteiger partial charge in [-0.05, 0) is 54.7 Å². The van der Waals surface area contributed by atoms with Crippen molar-refractivity contribution in [1.29, 1.82) is 0 Å². The lowest BCUT2D eigenvalue weighted by Crippen LogP contribution is -2.36. The Hall–Kier alpha value is -4.41. The molecule has 4 N–H and O–H groups in total. The van der Waals surface area contributed by atoms with E-state index in [2.05, 4.69) is 71.5 Å². The van der Waals surface area contributed by atoms with E-state index in [0.29, 0.717) is 17.0 Å². The third-order valence-corrected chi connectivity index (χ3v) is 7.82. The van der Waals surface area contributed by atoms with Crippen LogP contribution in [0.3, 0.4) is 0 Å². The predicted octanol–water partition coefficient (Wildman–Crippen LogP) is 6.95. The van der Waals surface area contributed by atoms with Crippen LogP contribution in [-0.2, 0) is 12.0 Å². The minimum atomic E-state index is -0.228. The number of nitrogens with zero attached hydrogens (tertiary/aromatic N) is 3. The van der Waals surface area contributed by atoms with Crippen LogP contribution in [0.5, 0.6) is 5.75 Å². The first-order chi connectivity index (χ1) is 20.6. The van der Waals surface area contributed by atoms with Gasteiger partial charge in [0.05, 0.1) is 48.0 Å². The van der Waals surface area contributed by atoms with Gasteiger partial charge in [0.2, 0.25) is 0 Å². The van der Waals surface area contributed by atoms with Gasteiger partial charge in [0, 0.05) is 23.9 Å². The van der Waals surface area contributed by atoms with Gasteiger partial charge in [-0.25, -0.2) is 4.98 Å². The standard InChI is InChI=1S/C33H39N7O2S/c1-8-39-29(19-34-31(39)22-12-10-9-11-13-22)27-20-40(38-36-27)28-16-23(15-14-21(28)2)32(41)35-25-17-24(33(3,4)5)18-26(37-43-7)30(25)42-6/h9-20,36-38H,8H2,1-7H3,(H,35,41). The van der Waals surface area contributed by atoms with E-state index in [4.69, 9.17) is 9.72 Å². The van der Waals surface area contributed by atoms with E-state index in [1.165, 1.54) is 11.9 Å². The smallest absolute Gasteiger partial charge is 0.255 e. The Morgan fingerprint density at radius 1 is 1.07 bits per heavy atom. The molecule has 2 heterocycles. The number of rotatable bonds is 9. The van der Waals surface area contributed by atoms with Crippen LogP contribution >= 0.6 is 11.9 Å². The largest absolute Gasteiger partial charge is 0.492 e. The molecule has 0 saturated heterocycles. The molecular formula is C33H39N7O2S. The predicted molar refractivity (Wildman–Crippen MR) is 178 cm³/mol. The molecular weight excluding hydrogens is 558 g/mol. The molecule has 0 fully saturated rings. The van der Waals surface area contributed by atoms with Gasteiger partial charge in [0.25, 0.3) is 5.91 Å². The summed E-state index contributed by atoms with van der Waals surface area (Å²) in [7, 11) is 1.61. The van der Waals surface area contributed by atoms with Crippen LogP contribution in [0, 0.1) is 6.92 Å². The summed E-state index contributed by atoms with van der Waals surface area (Å²) in [5, 5.41) is 4.99. The number of ether oxygens (including phenoxy) is 1. The van der Waals surface area contributed by atoms with Crippen molar-refractivity contribution in [3.63, 3.8) is 0 Å². The summed E-state index contributed by atoms with van der Waals surface area (Å²) >= 11 is 1.47. The maximum Gasteiger partial charge on any atom is 0.255 e. The second-order valence-corrected chi connectivity index (χ2v) is 12.0. The Labute approximate surface area is 257 Å². The summed E-state index contributed by atoms with van der Waals surface area (Å²) in [4.78, 5) is 18.3. The Morgan fingerprint density at radius 2 is 1.81 bits per heavy atom. The third kappa shape index (κ3) is 6.21. The number of carbonyl (C=O) groups is 1. The highest BCUT2D eigenvalue weighted by Crippen LogP contribution is 2.40. The SMILES string of the molecule is CCn1c(C2=CN(c3cc(C(=O)Nc4cc(C(C)(C)C)cc(NSC)c4OC)ccc3C)NN2)cnc1-c1ccccc1. The lowest BCUT2D eigenvalue weighted by atomic mass is 9.86. The fourth-order valence-electron chi connectivity index (χ4n) is 5.07. The molecule has 0 saturated carbocycles. The van der Waals surface area contributed by atoms with Crippen molar-refractivity contribution in [2.75, 3.05) is 28.4 Å². The van der Waals surface area contributed by atoms with Gasteiger partial charge >= 0.3 is 0 Å². The van der Waals surface area contributed by atoms with E-state index in [1.807, 2.05) is 73.0 Å². The lowest BCUT2D eigenvalue weighted by Gasteiger charge is -2.24. The minimum absolute atomic E-state index is 0.120. The molecule has 0 spiro atoms. The van der Waals surface area contributed by atoms with Gasteiger partial charge in [-0.3, -0.25) is 15.2 Å². The summed E-state index contributed by atoms with van der Waals surface area (Å²) in [5.41, 5.74) is 14.2. The van der Waals surface area contributed by atoms with Crippen LogP contribution in [0.1, 0.15) is 54.9 Å². The number of amides is 1. The van der Waals surface area contributed by atoms with Crippen LogP contribution in [0.25, 0.3) is 17.1 Å². The first-order valence-corrected chi connectivity index (χ1v) is 15.4. The first kappa shape index (κ1) is 30.1. The second kappa shape index (κ2) is 12.4. The van der Waals surface area contributed by atoms with Crippen molar-refractivity contribution in [1.82, 2.24) is 20.5 Å². The van der Waals surface area contributed by atoms with E-state index in [9.17, 15) is 4.79 Å². The summed E-state index contributed by atoms with van der Waals surface area (Å²) < 4.78 is 11.2.